The minimum Gasteiger partial charge on any atom is -0.497 e. The predicted octanol–water partition coefficient (Wildman–Crippen LogP) is 2.16. The summed E-state index contributed by atoms with van der Waals surface area (Å²) in [7, 11) is 1.57. The highest BCUT2D eigenvalue weighted by Crippen LogP contribution is 2.24. The number of amides is 1. The molecule has 0 saturated carbocycles. The minimum absolute atomic E-state index is 0.117. The van der Waals surface area contributed by atoms with E-state index in [1.54, 1.807) is 38.3 Å². The van der Waals surface area contributed by atoms with Crippen molar-refractivity contribution < 1.29 is 19.4 Å². The smallest absolute Gasteiger partial charge is 0.258 e. The first-order valence-electron chi connectivity index (χ1n) is 6.81. The van der Waals surface area contributed by atoms with Gasteiger partial charge in [0.2, 0.25) is 0 Å². The van der Waals surface area contributed by atoms with Crippen molar-refractivity contribution in [3.05, 3.63) is 46.7 Å². The van der Waals surface area contributed by atoms with Crippen LogP contribution in [0.1, 0.15) is 11.8 Å². The van der Waals surface area contributed by atoms with Gasteiger partial charge >= 0.3 is 0 Å². The maximum Gasteiger partial charge on any atom is 0.258 e. The summed E-state index contributed by atoms with van der Waals surface area (Å²) < 4.78 is 10.5. The second-order valence-electron chi connectivity index (χ2n) is 5.00. The van der Waals surface area contributed by atoms with Crippen molar-refractivity contribution in [3.63, 3.8) is 0 Å². The SMILES string of the molecule is COc1cccc(OCC(=O)NCC(C)(O)c2cccs2)c1. The lowest BCUT2D eigenvalue weighted by atomic mass is 10.1. The molecule has 1 aromatic heterocycles. The van der Waals surface area contributed by atoms with Gasteiger partial charge in [0.15, 0.2) is 6.61 Å². The highest BCUT2D eigenvalue weighted by atomic mass is 32.1. The molecule has 1 aromatic carbocycles. The summed E-state index contributed by atoms with van der Waals surface area (Å²) in [5.74, 6) is 0.928. The van der Waals surface area contributed by atoms with Crippen LogP contribution >= 0.6 is 11.3 Å². The van der Waals surface area contributed by atoms with Gasteiger partial charge in [0.1, 0.15) is 17.1 Å². The predicted molar refractivity (Wildman–Crippen MR) is 85.4 cm³/mol. The zero-order valence-electron chi connectivity index (χ0n) is 12.5. The molecule has 0 aliphatic heterocycles. The molecular formula is C16H19NO4S. The summed E-state index contributed by atoms with van der Waals surface area (Å²) in [6, 6.07) is 10.7. The Morgan fingerprint density at radius 3 is 2.77 bits per heavy atom. The molecule has 2 rings (SSSR count). The van der Waals surface area contributed by atoms with Crippen molar-refractivity contribution in [2.45, 2.75) is 12.5 Å². The number of nitrogens with one attached hydrogen (secondary N) is 1. The van der Waals surface area contributed by atoms with E-state index in [2.05, 4.69) is 5.32 Å². The van der Waals surface area contributed by atoms with E-state index >= 15 is 0 Å². The molecule has 1 atom stereocenters. The van der Waals surface area contributed by atoms with Gasteiger partial charge in [-0.2, -0.15) is 0 Å². The molecule has 22 heavy (non-hydrogen) atoms. The lowest BCUT2D eigenvalue weighted by molar-refractivity contribution is -0.124. The van der Waals surface area contributed by atoms with Gasteiger partial charge in [0.05, 0.1) is 13.7 Å². The van der Waals surface area contributed by atoms with Crippen molar-refractivity contribution in [3.8, 4) is 11.5 Å². The van der Waals surface area contributed by atoms with Gasteiger partial charge in [-0.25, -0.2) is 0 Å². The monoisotopic (exact) mass is 321 g/mol. The number of methoxy groups -OCH3 is 1. The van der Waals surface area contributed by atoms with Crippen LogP contribution in [0.2, 0.25) is 0 Å². The second kappa shape index (κ2) is 7.29. The Balaban J connectivity index is 1.80. The van der Waals surface area contributed by atoms with Crippen molar-refractivity contribution in [2.75, 3.05) is 20.3 Å². The summed E-state index contributed by atoms with van der Waals surface area (Å²) in [6.45, 7) is 1.68. The maximum absolute atomic E-state index is 11.8. The fourth-order valence-electron chi connectivity index (χ4n) is 1.83. The Bertz CT molecular complexity index is 610. The van der Waals surface area contributed by atoms with Crippen LogP contribution in [0.15, 0.2) is 41.8 Å². The van der Waals surface area contributed by atoms with E-state index in [9.17, 15) is 9.90 Å². The van der Waals surface area contributed by atoms with E-state index in [1.807, 2.05) is 17.5 Å². The highest BCUT2D eigenvalue weighted by Gasteiger charge is 2.24. The molecular weight excluding hydrogens is 302 g/mol. The van der Waals surface area contributed by atoms with Crippen LogP contribution in [0.25, 0.3) is 0 Å². The van der Waals surface area contributed by atoms with Gasteiger partial charge in [-0.3, -0.25) is 4.79 Å². The summed E-state index contributed by atoms with van der Waals surface area (Å²) in [6.07, 6.45) is 0. The van der Waals surface area contributed by atoms with E-state index < -0.39 is 5.60 Å². The summed E-state index contributed by atoms with van der Waals surface area (Å²) in [5.41, 5.74) is -1.08. The number of benzene rings is 1. The van der Waals surface area contributed by atoms with Crippen LogP contribution in [-0.2, 0) is 10.4 Å². The van der Waals surface area contributed by atoms with Gasteiger partial charge < -0.3 is 19.9 Å². The summed E-state index contributed by atoms with van der Waals surface area (Å²) >= 11 is 1.45. The quantitative estimate of drug-likeness (QED) is 0.820. The largest absolute Gasteiger partial charge is 0.497 e. The molecule has 1 amide bonds. The molecule has 5 nitrogen and oxygen atoms in total. The molecule has 118 valence electrons. The zero-order valence-corrected chi connectivity index (χ0v) is 13.4. The van der Waals surface area contributed by atoms with Gasteiger partial charge in [-0.15, -0.1) is 11.3 Å². The molecule has 0 fully saturated rings. The van der Waals surface area contributed by atoms with E-state index in [0.29, 0.717) is 11.5 Å². The molecule has 6 heteroatoms. The third-order valence-corrected chi connectivity index (χ3v) is 4.22. The van der Waals surface area contributed by atoms with Crippen molar-refractivity contribution >= 4 is 17.2 Å². The Morgan fingerprint density at radius 1 is 1.32 bits per heavy atom. The van der Waals surface area contributed by atoms with Gasteiger partial charge in [-0.1, -0.05) is 12.1 Å². The Labute approximate surface area is 133 Å². The third kappa shape index (κ3) is 4.47. The van der Waals surface area contributed by atoms with Gasteiger partial charge in [0.25, 0.3) is 5.91 Å². The fraction of sp³-hybridized carbons (Fsp3) is 0.312. The molecule has 0 saturated heterocycles. The van der Waals surface area contributed by atoms with E-state index in [1.165, 1.54) is 11.3 Å². The number of hydrogen-bond acceptors (Lipinski definition) is 5. The number of carbonyl (C=O) groups is 1. The number of rotatable bonds is 7. The van der Waals surface area contributed by atoms with Crippen LogP contribution in [0, 0.1) is 0 Å². The van der Waals surface area contributed by atoms with Crippen molar-refractivity contribution in [2.24, 2.45) is 0 Å². The van der Waals surface area contributed by atoms with E-state index in [4.69, 9.17) is 9.47 Å². The number of ether oxygens (including phenoxy) is 2. The molecule has 0 bridgehead atoms. The van der Waals surface area contributed by atoms with Gasteiger partial charge in [0, 0.05) is 10.9 Å². The normalized spacial score (nSPS) is 13.2. The highest BCUT2D eigenvalue weighted by molar-refractivity contribution is 7.10. The lowest BCUT2D eigenvalue weighted by Gasteiger charge is -2.22. The van der Waals surface area contributed by atoms with Crippen LogP contribution in [-0.4, -0.2) is 31.3 Å². The molecule has 0 aliphatic carbocycles. The first-order chi connectivity index (χ1) is 10.5. The Hall–Kier alpha value is -2.05. The molecule has 0 spiro atoms. The topological polar surface area (TPSA) is 67.8 Å². The molecule has 2 N–H and O–H groups in total. The van der Waals surface area contributed by atoms with E-state index in [0.717, 1.165) is 4.88 Å². The summed E-state index contributed by atoms with van der Waals surface area (Å²) in [4.78, 5) is 12.6. The van der Waals surface area contributed by atoms with E-state index in [-0.39, 0.29) is 19.1 Å². The van der Waals surface area contributed by atoms with Gasteiger partial charge in [-0.05, 0) is 30.5 Å². The second-order valence-corrected chi connectivity index (χ2v) is 5.94. The number of hydrogen-bond donors (Lipinski definition) is 2. The van der Waals surface area contributed by atoms with Crippen LogP contribution < -0.4 is 14.8 Å². The van der Waals surface area contributed by atoms with Crippen LogP contribution in [0.3, 0.4) is 0 Å². The summed E-state index contributed by atoms with van der Waals surface area (Å²) in [5, 5.41) is 14.9. The Kier molecular flexibility index (Phi) is 5.41. The average molecular weight is 321 g/mol. The third-order valence-electron chi connectivity index (χ3n) is 3.09. The molecule has 0 radical (unpaired) electrons. The van der Waals surface area contributed by atoms with Crippen LogP contribution in [0.4, 0.5) is 0 Å². The fourth-order valence-corrected chi connectivity index (χ4v) is 2.62. The zero-order chi connectivity index (χ0) is 16.0. The molecule has 0 aliphatic rings. The standard InChI is InChI=1S/C16H19NO4S/c1-16(19,14-7-4-8-22-14)11-17-15(18)10-21-13-6-3-5-12(9-13)20-2/h3-9,19H,10-11H2,1-2H3,(H,17,18). The molecule has 1 heterocycles. The maximum atomic E-state index is 11.8. The molecule has 2 aromatic rings. The number of carbonyl (C=O) groups excluding carboxylic acids is 1. The number of aliphatic hydroxyl groups is 1. The van der Waals surface area contributed by atoms with Crippen LogP contribution in [0.5, 0.6) is 11.5 Å². The molecule has 1 unspecified atom stereocenters. The Morgan fingerprint density at radius 2 is 2.09 bits per heavy atom. The number of thiophene rings is 1. The first-order valence-corrected chi connectivity index (χ1v) is 7.69. The van der Waals surface area contributed by atoms with Crippen molar-refractivity contribution in [1.82, 2.24) is 5.32 Å². The average Bonchev–Trinajstić information content (AvgIpc) is 3.06. The van der Waals surface area contributed by atoms with Crippen molar-refractivity contribution in [1.29, 1.82) is 0 Å². The first kappa shape index (κ1) is 16.3. The lowest BCUT2D eigenvalue weighted by Crippen LogP contribution is -2.40. The minimum atomic E-state index is -1.08.